The number of rotatable bonds is 5. The van der Waals surface area contributed by atoms with Crippen molar-refractivity contribution in [2.75, 3.05) is 11.6 Å². The molecule has 0 fully saturated rings. The molecule has 0 aliphatic carbocycles. The summed E-state index contributed by atoms with van der Waals surface area (Å²) in [6, 6.07) is 9.67. The first kappa shape index (κ1) is 15.2. The summed E-state index contributed by atoms with van der Waals surface area (Å²) in [5, 5.41) is 2.99. The first-order valence-corrected chi connectivity index (χ1v) is 8.47. The Morgan fingerprint density at radius 2 is 2.15 bits per heavy atom. The summed E-state index contributed by atoms with van der Waals surface area (Å²) >= 11 is 5.05. The van der Waals surface area contributed by atoms with Crippen LogP contribution in [0, 0.1) is 0 Å². The lowest BCUT2D eigenvalue weighted by Gasteiger charge is -2.11. The second kappa shape index (κ2) is 6.99. The highest BCUT2D eigenvalue weighted by molar-refractivity contribution is 9.10. The van der Waals surface area contributed by atoms with Gasteiger partial charge in [0, 0.05) is 22.1 Å². The highest BCUT2D eigenvalue weighted by Gasteiger charge is 2.14. The molecular formula is C15H17BrN2OS. The van der Waals surface area contributed by atoms with Crippen LogP contribution in [0.2, 0.25) is 0 Å². The molecule has 1 amide bonds. The van der Waals surface area contributed by atoms with Crippen molar-refractivity contribution in [3.63, 3.8) is 0 Å². The zero-order chi connectivity index (χ0) is 14.5. The Kier molecular flexibility index (Phi) is 5.31. The molecule has 106 valence electrons. The topological polar surface area (TPSA) is 34.0 Å². The Bertz CT molecular complexity index is 610. The zero-order valence-electron chi connectivity index (χ0n) is 11.5. The lowest BCUT2D eigenvalue weighted by atomic mass is 10.3. The van der Waals surface area contributed by atoms with Crippen LogP contribution < -0.4 is 5.32 Å². The van der Waals surface area contributed by atoms with E-state index >= 15 is 0 Å². The summed E-state index contributed by atoms with van der Waals surface area (Å²) in [6.45, 7) is 2.93. The average molecular weight is 353 g/mol. The fourth-order valence-corrected chi connectivity index (χ4v) is 3.04. The number of anilines is 1. The van der Waals surface area contributed by atoms with Gasteiger partial charge in [0.25, 0.3) is 5.91 Å². The van der Waals surface area contributed by atoms with Gasteiger partial charge in [-0.2, -0.15) is 0 Å². The van der Waals surface area contributed by atoms with Crippen LogP contribution in [0.5, 0.6) is 0 Å². The molecule has 5 heteroatoms. The minimum absolute atomic E-state index is 0.0781. The molecule has 0 bridgehead atoms. The molecule has 3 nitrogen and oxygen atoms in total. The van der Waals surface area contributed by atoms with E-state index in [4.69, 9.17) is 0 Å². The van der Waals surface area contributed by atoms with Gasteiger partial charge in [0.15, 0.2) is 0 Å². The molecule has 1 N–H and O–H groups in total. The van der Waals surface area contributed by atoms with Gasteiger partial charge < -0.3 is 9.88 Å². The molecule has 0 aliphatic heterocycles. The maximum Gasteiger partial charge on any atom is 0.272 e. The highest BCUT2D eigenvalue weighted by atomic mass is 79.9. The molecule has 1 aromatic carbocycles. The summed E-state index contributed by atoms with van der Waals surface area (Å²) in [5.41, 5.74) is 1.53. The number of amides is 1. The minimum atomic E-state index is -0.0781. The van der Waals surface area contributed by atoms with E-state index in [0.29, 0.717) is 5.69 Å². The average Bonchev–Trinajstić information content (AvgIpc) is 2.81. The van der Waals surface area contributed by atoms with E-state index in [-0.39, 0.29) is 5.91 Å². The normalized spacial score (nSPS) is 10.6. The van der Waals surface area contributed by atoms with Gasteiger partial charge in [-0.25, -0.2) is 0 Å². The fourth-order valence-electron chi connectivity index (χ4n) is 2.03. The molecule has 0 unspecified atom stereocenters. The third kappa shape index (κ3) is 3.46. The third-order valence-electron chi connectivity index (χ3n) is 2.92. The van der Waals surface area contributed by atoms with E-state index < -0.39 is 0 Å². The first-order valence-electron chi connectivity index (χ1n) is 6.45. The number of hydrogen-bond donors (Lipinski definition) is 1. The number of carbonyl (C=O) groups is 1. The number of nitrogens with one attached hydrogen (secondary N) is 1. The van der Waals surface area contributed by atoms with Crippen LogP contribution in [0.3, 0.4) is 0 Å². The van der Waals surface area contributed by atoms with Crippen molar-refractivity contribution in [1.82, 2.24) is 4.57 Å². The predicted octanol–water partition coefficient (Wildman–Crippen LogP) is 4.63. The molecule has 0 radical (unpaired) electrons. The molecule has 0 saturated heterocycles. The number of aryl methyl sites for hydroxylation is 1. The van der Waals surface area contributed by atoms with Crippen molar-refractivity contribution in [2.45, 2.75) is 24.8 Å². The van der Waals surface area contributed by atoms with E-state index in [1.165, 1.54) is 0 Å². The Labute approximate surface area is 131 Å². The molecule has 1 aromatic heterocycles. The second-order valence-electron chi connectivity index (χ2n) is 4.39. The van der Waals surface area contributed by atoms with E-state index in [2.05, 4.69) is 28.2 Å². The van der Waals surface area contributed by atoms with E-state index in [0.717, 1.165) is 28.0 Å². The number of thioether (sulfide) groups is 1. The van der Waals surface area contributed by atoms with Crippen molar-refractivity contribution < 1.29 is 4.79 Å². The van der Waals surface area contributed by atoms with Crippen molar-refractivity contribution >= 4 is 39.3 Å². The fraction of sp³-hybridized carbons (Fsp3) is 0.267. The number of aromatic nitrogens is 1. The number of nitrogens with zero attached hydrogens (tertiary/aromatic N) is 1. The minimum Gasteiger partial charge on any atom is -0.342 e. The number of benzene rings is 1. The highest BCUT2D eigenvalue weighted by Crippen LogP contribution is 2.25. The molecule has 2 rings (SSSR count). The van der Waals surface area contributed by atoms with Gasteiger partial charge in [-0.3, -0.25) is 4.79 Å². The lowest BCUT2D eigenvalue weighted by molar-refractivity contribution is 0.101. The van der Waals surface area contributed by atoms with Gasteiger partial charge in [-0.1, -0.05) is 19.1 Å². The predicted molar refractivity (Wildman–Crippen MR) is 88.6 cm³/mol. The zero-order valence-corrected chi connectivity index (χ0v) is 13.9. The van der Waals surface area contributed by atoms with Crippen LogP contribution in [0.15, 0.2) is 45.9 Å². The molecule has 20 heavy (non-hydrogen) atoms. The lowest BCUT2D eigenvalue weighted by Crippen LogP contribution is -2.17. The number of carbonyl (C=O) groups excluding carboxylic acids is 1. The smallest absolute Gasteiger partial charge is 0.272 e. The summed E-state index contributed by atoms with van der Waals surface area (Å²) in [4.78, 5) is 13.5. The van der Waals surface area contributed by atoms with E-state index in [1.807, 2.05) is 47.4 Å². The summed E-state index contributed by atoms with van der Waals surface area (Å²) in [7, 11) is 0. The summed E-state index contributed by atoms with van der Waals surface area (Å²) in [5.74, 6) is -0.0781. The largest absolute Gasteiger partial charge is 0.342 e. The first-order chi connectivity index (χ1) is 9.65. The molecular weight excluding hydrogens is 336 g/mol. The van der Waals surface area contributed by atoms with Gasteiger partial charge >= 0.3 is 0 Å². The van der Waals surface area contributed by atoms with Gasteiger partial charge in [0.2, 0.25) is 0 Å². The molecule has 1 heterocycles. The van der Waals surface area contributed by atoms with Crippen LogP contribution in [-0.2, 0) is 6.54 Å². The monoisotopic (exact) mass is 352 g/mol. The molecule has 0 saturated carbocycles. The van der Waals surface area contributed by atoms with Crippen LogP contribution in [0.25, 0.3) is 0 Å². The SMILES string of the molecule is CCCn1cc(Br)cc1C(=O)Nc1ccccc1SC. The summed E-state index contributed by atoms with van der Waals surface area (Å²) in [6.07, 6.45) is 4.93. The van der Waals surface area contributed by atoms with E-state index in [9.17, 15) is 4.79 Å². The second-order valence-corrected chi connectivity index (χ2v) is 6.16. The van der Waals surface area contributed by atoms with Crippen molar-refractivity contribution in [1.29, 1.82) is 0 Å². The number of para-hydroxylation sites is 1. The van der Waals surface area contributed by atoms with Crippen LogP contribution in [-0.4, -0.2) is 16.7 Å². The van der Waals surface area contributed by atoms with Gasteiger partial charge in [-0.15, -0.1) is 11.8 Å². The Hall–Kier alpha value is -1.20. The van der Waals surface area contributed by atoms with Crippen molar-refractivity contribution in [3.8, 4) is 0 Å². The molecule has 0 aliphatic rings. The number of halogens is 1. The van der Waals surface area contributed by atoms with Crippen molar-refractivity contribution in [3.05, 3.63) is 46.7 Å². The summed E-state index contributed by atoms with van der Waals surface area (Å²) < 4.78 is 2.90. The quantitative estimate of drug-likeness (QED) is 0.795. The van der Waals surface area contributed by atoms with Crippen molar-refractivity contribution in [2.24, 2.45) is 0 Å². The van der Waals surface area contributed by atoms with Crippen LogP contribution >= 0.6 is 27.7 Å². The van der Waals surface area contributed by atoms with Gasteiger partial charge in [0.05, 0.1) is 5.69 Å². The van der Waals surface area contributed by atoms with Gasteiger partial charge in [0.1, 0.15) is 5.69 Å². The molecule has 2 aromatic rings. The maximum absolute atomic E-state index is 12.4. The number of hydrogen-bond acceptors (Lipinski definition) is 2. The maximum atomic E-state index is 12.4. The Balaban J connectivity index is 2.24. The van der Waals surface area contributed by atoms with E-state index in [1.54, 1.807) is 11.8 Å². The van der Waals surface area contributed by atoms with Crippen LogP contribution in [0.4, 0.5) is 5.69 Å². The third-order valence-corrected chi connectivity index (χ3v) is 4.15. The standard InChI is InChI=1S/C15H17BrN2OS/c1-3-8-18-10-11(16)9-13(18)15(19)17-12-6-4-5-7-14(12)20-2/h4-7,9-10H,3,8H2,1-2H3,(H,17,19). The molecule has 0 atom stereocenters. The Morgan fingerprint density at radius 3 is 2.85 bits per heavy atom. The molecule has 0 spiro atoms. The Morgan fingerprint density at radius 1 is 1.40 bits per heavy atom. The van der Waals surface area contributed by atoms with Gasteiger partial charge in [-0.05, 0) is 46.8 Å². The van der Waals surface area contributed by atoms with Crippen LogP contribution in [0.1, 0.15) is 23.8 Å².